The summed E-state index contributed by atoms with van der Waals surface area (Å²) in [6.07, 6.45) is 0.813. The highest BCUT2D eigenvalue weighted by Gasteiger charge is 2.32. The highest BCUT2D eigenvalue weighted by molar-refractivity contribution is 5.83. The number of rotatable bonds is 6. The fourth-order valence-electron chi connectivity index (χ4n) is 1.57. The molecule has 0 radical (unpaired) electrons. The second-order valence-electron chi connectivity index (χ2n) is 6.25. The molecular weight excluding hydrogens is 246 g/mol. The van der Waals surface area contributed by atoms with Gasteiger partial charge in [0.2, 0.25) is 0 Å². The van der Waals surface area contributed by atoms with Crippen LogP contribution in [-0.4, -0.2) is 54.7 Å². The summed E-state index contributed by atoms with van der Waals surface area (Å²) in [6.45, 7) is 8.10. The van der Waals surface area contributed by atoms with Crippen LogP contribution in [0.5, 0.6) is 0 Å². The smallest absolute Gasteiger partial charge is 0.326 e. The Morgan fingerprint density at radius 3 is 2.11 bits per heavy atom. The number of aliphatic carboxylic acids is 1. The van der Waals surface area contributed by atoms with Gasteiger partial charge in [0.25, 0.3) is 0 Å². The first-order chi connectivity index (χ1) is 8.54. The van der Waals surface area contributed by atoms with Crippen LogP contribution in [0, 0.1) is 5.41 Å². The van der Waals surface area contributed by atoms with E-state index in [2.05, 4.69) is 10.6 Å². The molecule has 0 spiro atoms. The zero-order chi connectivity index (χ0) is 15.2. The highest BCUT2D eigenvalue weighted by atomic mass is 16.4. The average Bonchev–Trinajstić information content (AvgIpc) is 2.21. The van der Waals surface area contributed by atoms with Gasteiger partial charge >= 0.3 is 12.0 Å². The Kier molecular flexibility index (Phi) is 6.83. The molecule has 0 aromatic rings. The molecular formula is C13H27N3O3. The number of hydrogen-bond donors (Lipinski definition) is 3. The van der Waals surface area contributed by atoms with Crippen molar-refractivity contribution in [2.45, 2.75) is 46.2 Å². The van der Waals surface area contributed by atoms with E-state index in [1.54, 1.807) is 20.8 Å². The summed E-state index contributed by atoms with van der Waals surface area (Å²) in [5, 5.41) is 14.4. The van der Waals surface area contributed by atoms with Crippen molar-refractivity contribution in [3.8, 4) is 0 Å². The Hall–Kier alpha value is -1.30. The molecule has 19 heavy (non-hydrogen) atoms. The van der Waals surface area contributed by atoms with Gasteiger partial charge in [0.15, 0.2) is 0 Å². The van der Waals surface area contributed by atoms with Crippen LogP contribution < -0.4 is 10.6 Å². The summed E-state index contributed by atoms with van der Waals surface area (Å²) in [4.78, 5) is 24.9. The average molecular weight is 273 g/mol. The molecule has 0 aromatic heterocycles. The minimum Gasteiger partial charge on any atom is -0.480 e. The van der Waals surface area contributed by atoms with E-state index in [-0.39, 0.29) is 6.04 Å². The monoisotopic (exact) mass is 273 g/mol. The van der Waals surface area contributed by atoms with Crippen LogP contribution in [0.2, 0.25) is 0 Å². The number of nitrogens with zero attached hydrogens (tertiary/aromatic N) is 1. The number of amides is 2. The van der Waals surface area contributed by atoms with E-state index in [0.717, 1.165) is 13.0 Å². The van der Waals surface area contributed by atoms with Gasteiger partial charge in [0, 0.05) is 6.04 Å². The minimum absolute atomic E-state index is 0.00295. The first-order valence-corrected chi connectivity index (χ1v) is 6.48. The molecule has 0 fully saturated rings. The van der Waals surface area contributed by atoms with Crippen molar-refractivity contribution >= 4 is 12.0 Å². The van der Waals surface area contributed by atoms with E-state index >= 15 is 0 Å². The molecule has 0 rings (SSSR count). The third-order valence-corrected chi connectivity index (χ3v) is 2.78. The standard InChI is InChI=1S/C13H27N3O3/c1-9(7-8-16(5)6)14-12(19)15-10(11(17)18)13(2,3)4/h9-10H,7-8H2,1-6H3,(H,17,18)(H2,14,15,19)/t9?,10-/m1/s1. The maximum atomic E-state index is 11.8. The summed E-state index contributed by atoms with van der Waals surface area (Å²) < 4.78 is 0. The Morgan fingerprint density at radius 2 is 1.74 bits per heavy atom. The van der Waals surface area contributed by atoms with Crippen molar-refractivity contribution in [1.82, 2.24) is 15.5 Å². The quantitative estimate of drug-likeness (QED) is 0.677. The van der Waals surface area contributed by atoms with Crippen molar-refractivity contribution in [2.24, 2.45) is 5.41 Å². The zero-order valence-corrected chi connectivity index (χ0v) is 12.8. The lowest BCUT2D eigenvalue weighted by molar-refractivity contribution is -0.141. The molecule has 0 aromatic carbocycles. The maximum absolute atomic E-state index is 11.8. The summed E-state index contributed by atoms with van der Waals surface area (Å²) >= 11 is 0. The molecule has 112 valence electrons. The maximum Gasteiger partial charge on any atom is 0.326 e. The Morgan fingerprint density at radius 1 is 1.21 bits per heavy atom. The Balaban J connectivity index is 4.32. The molecule has 0 bridgehead atoms. The first kappa shape index (κ1) is 17.7. The van der Waals surface area contributed by atoms with Gasteiger partial charge in [-0.1, -0.05) is 20.8 Å². The van der Waals surface area contributed by atoms with Gasteiger partial charge in [-0.05, 0) is 39.4 Å². The summed E-state index contributed by atoms with van der Waals surface area (Å²) in [5.41, 5.74) is -0.532. The number of carboxylic acids is 1. The van der Waals surface area contributed by atoms with Crippen molar-refractivity contribution in [3.63, 3.8) is 0 Å². The lowest BCUT2D eigenvalue weighted by Gasteiger charge is -2.28. The van der Waals surface area contributed by atoms with E-state index < -0.39 is 23.5 Å². The second-order valence-corrected chi connectivity index (χ2v) is 6.25. The second kappa shape index (κ2) is 7.33. The van der Waals surface area contributed by atoms with Crippen LogP contribution in [0.4, 0.5) is 4.79 Å². The van der Waals surface area contributed by atoms with Gasteiger partial charge in [-0.3, -0.25) is 0 Å². The summed E-state index contributed by atoms with van der Waals surface area (Å²) in [6, 6.07) is -1.35. The van der Waals surface area contributed by atoms with E-state index in [9.17, 15) is 9.59 Å². The topological polar surface area (TPSA) is 81.7 Å². The fraction of sp³-hybridized carbons (Fsp3) is 0.846. The van der Waals surface area contributed by atoms with Crippen molar-refractivity contribution in [2.75, 3.05) is 20.6 Å². The molecule has 6 nitrogen and oxygen atoms in total. The summed E-state index contributed by atoms with van der Waals surface area (Å²) in [5.74, 6) is -1.02. The number of urea groups is 1. The predicted octanol–water partition coefficient (Wildman–Crippen LogP) is 1.13. The fourth-order valence-corrected chi connectivity index (χ4v) is 1.57. The number of nitrogens with one attached hydrogen (secondary N) is 2. The molecule has 2 atom stereocenters. The van der Waals surface area contributed by atoms with Crippen LogP contribution in [0.15, 0.2) is 0 Å². The molecule has 0 saturated heterocycles. The molecule has 1 unspecified atom stereocenters. The van der Waals surface area contributed by atoms with E-state index in [1.807, 2.05) is 25.9 Å². The third-order valence-electron chi connectivity index (χ3n) is 2.78. The number of carbonyl (C=O) groups is 2. The van der Waals surface area contributed by atoms with Crippen molar-refractivity contribution in [1.29, 1.82) is 0 Å². The Labute approximate surface area is 115 Å². The van der Waals surface area contributed by atoms with E-state index in [4.69, 9.17) is 5.11 Å². The molecule has 0 saturated carbocycles. The van der Waals surface area contributed by atoms with Gasteiger partial charge in [-0.25, -0.2) is 9.59 Å². The largest absolute Gasteiger partial charge is 0.480 e. The predicted molar refractivity (Wildman–Crippen MR) is 75.2 cm³/mol. The van der Waals surface area contributed by atoms with Gasteiger partial charge in [-0.2, -0.15) is 0 Å². The van der Waals surface area contributed by atoms with Gasteiger partial charge in [-0.15, -0.1) is 0 Å². The SMILES string of the molecule is CC(CCN(C)C)NC(=O)N[C@H](C(=O)O)C(C)(C)C. The van der Waals surface area contributed by atoms with Crippen LogP contribution in [-0.2, 0) is 4.79 Å². The van der Waals surface area contributed by atoms with Crippen molar-refractivity contribution < 1.29 is 14.7 Å². The molecule has 2 amide bonds. The van der Waals surface area contributed by atoms with E-state index in [1.165, 1.54) is 0 Å². The lowest BCUT2D eigenvalue weighted by atomic mass is 9.87. The number of hydrogen-bond acceptors (Lipinski definition) is 3. The van der Waals surface area contributed by atoms with Crippen LogP contribution in [0.1, 0.15) is 34.1 Å². The van der Waals surface area contributed by atoms with Crippen LogP contribution in [0.3, 0.4) is 0 Å². The number of carbonyl (C=O) groups excluding carboxylic acids is 1. The van der Waals surface area contributed by atoms with E-state index in [0.29, 0.717) is 0 Å². The minimum atomic E-state index is -1.02. The number of carboxylic acid groups (broad SMARTS) is 1. The van der Waals surface area contributed by atoms with Gasteiger partial charge in [0.05, 0.1) is 0 Å². The van der Waals surface area contributed by atoms with Gasteiger partial charge < -0.3 is 20.6 Å². The zero-order valence-electron chi connectivity index (χ0n) is 12.8. The Bertz CT molecular complexity index is 311. The first-order valence-electron chi connectivity index (χ1n) is 6.48. The highest BCUT2D eigenvalue weighted by Crippen LogP contribution is 2.19. The van der Waals surface area contributed by atoms with Crippen LogP contribution in [0.25, 0.3) is 0 Å². The molecule has 0 heterocycles. The lowest BCUT2D eigenvalue weighted by Crippen LogP contribution is -2.53. The molecule has 3 N–H and O–H groups in total. The molecule has 0 aliphatic rings. The molecule has 0 aliphatic carbocycles. The third kappa shape index (κ3) is 7.66. The molecule has 0 aliphatic heterocycles. The molecule has 6 heteroatoms. The van der Waals surface area contributed by atoms with Gasteiger partial charge in [0.1, 0.15) is 6.04 Å². The normalized spacial score (nSPS) is 14.9. The van der Waals surface area contributed by atoms with Crippen molar-refractivity contribution in [3.05, 3.63) is 0 Å². The van der Waals surface area contributed by atoms with Crippen LogP contribution >= 0.6 is 0 Å². The summed E-state index contributed by atoms with van der Waals surface area (Å²) in [7, 11) is 3.93.